The molecule has 33 heavy (non-hydrogen) atoms. The molecule has 0 saturated heterocycles. The van der Waals surface area contributed by atoms with Gasteiger partial charge in [0.05, 0.1) is 12.1 Å². The molecule has 0 N–H and O–H groups in total. The minimum Gasteiger partial charge on any atom is -0.299 e. The Kier molecular flexibility index (Phi) is 7.02. The summed E-state index contributed by atoms with van der Waals surface area (Å²) < 4.78 is 52.9. The third kappa shape index (κ3) is 5.67. The zero-order valence-corrected chi connectivity index (χ0v) is 18.5. The van der Waals surface area contributed by atoms with Crippen molar-refractivity contribution >= 4 is 11.5 Å². The van der Waals surface area contributed by atoms with Gasteiger partial charge in [-0.15, -0.1) is 0 Å². The van der Waals surface area contributed by atoms with Gasteiger partial charge in [0.15, 0.2) is 0 Å². The predicted octanol–water partition coefficient (Wildman–Crippen LogP) is 8.45. The zero-order chi connectivity index (χ0) is 24.3. The van der Waals surface area contributed by atoms with Crippen LogP contribution in [0.25, 0.3) is 27.1 Å². The van der Waals surface area contributed by atoms with Gasteiger partial charge in [0.2, 0.25) is 5.69 Å². The van der Waals surface area contributed by atoms with Crippen LogP contribution in [0.5, 0.6) is 0 Å². The summed E-state index contributed by atoms with van der Waals surface area (Å²) in [6.07, 6.45) is -3.82. The average molecular weight is 453 g/mol. The van der Waals surface area contributed by atoms with E-state index in [2.05, 4.69) is 4.85 Å². The lowest BCUT2D eigenvalue weighted by molar-refractivity contribution is -0.137. The number of benzene rings is 3. The molecule has 1 atom stereocenters. The highest BCUT2D eigenvalue weighted by Gasteiger charge is 2.30. The Morgan fingerprint density at radius 1 is 0.909 bits per heavy atom. The van der Waals surface area contributed by atoms with Crippen LogP contribution in [0.4, 0.5) is 23.2 Å². The number of ketones is 1. The number of carbonyl (C=O) groups is 1. The number of carbonyl (C=O) groups excluding carboxylic acids is 1. The Balaban J connectivity index is 2.20. The van der Waals surface area contributed by atoms with Crippen LogP contribution in [0.15, 0.2) is 60.7 Å². The maximum absolute atomic E-state index is 13.9. The molecule has 2 nitrogen and oxygen atoms in total. The third-order valence-electron chi connectivity index (χ3n) is 5.50. The molecule has 0 aliphatic carbocycles. The zero-order valence-electron chi connectivity index (χ0n) is 18.5. The predicted molar refractivity (Wildman–Crippen MR) is 121 cm³/mol. The highest BCUT2D eigenvalue weighted by atomic mass is 19.4. The molecule has 3 rings (SSSR count). The molecule has 0 aromatic heterocycles. The summed E-state index contributed by atoms with van der Waals surface area (Å²) in [5.74, 6) is -0.787. The molecule has 3 aromatic carbocycles. The molecule has 0 aliphatic rings. The second-order valence-corrected chi connectivity index (χ2v) is 8.49. The van der Waals surface area contributed by atoms with Gasteiger partial charge < -0.3 is 0 Å². The minimum absolute atomic E-state index is 0.0137. The molecule has 3 aromatic rings. The molecule has 0 fully saturated rings. The van der Waals surface area contributed by atoms with Gasteiger partial charge in [0.25, 0.3) is 0 Å². The van der Waals surface area contributed by atoms with Crippen molar-refractivity contribution in [3.8, 4) is 22.3 Å². The molecule has 6 heteroatoms. The van der Waals surface area contributed by atoms with Crippen LogP contribution in [0.3, 0.4) is 0 Å². The van der Waals surface area contributed by atoms with E-state index in [1.165, 1.54) is 31.2 Å². The van der Waals surface area contributed by atoms with Crippen molar-refractivity contribution in [3.05, 3.63) is 89.0 Å². The molecular formula is C27H23F4NO. The van der Waals surface area contributed by atoms with Crippen molar-refractivity contribution in [1.29, 1.82) is 0 Å². The van der Waals surface area contributed by atoms with Gasteiger partial charge in [-0.1, -0.05) is 44.2 Å². The lowest BCUT2D eigenvalue weighted by Crippen LogP contribution is -2.12. The Hall–Kier alpha value is -3.46. The van der Waals surface area contributed by atoms with Crippen LogP contribution in [-0.4, -0.2) is 5.78 Å². The van der Waals surface area contributed by atoms with Crippen molar-refractivity contribution in [2.45, 2.75) is 39.3 Å². The van der Waals surface area contributed by atoms with Crippen molar-refractivity contribution in [2.75, 3.05) is 0 Å². The monoisotopic (exact) mass is 453 g/mol. The van der Waals surface area contributed by atoms with Gasteiger partial charge >= 0.3 is 6.18 Å². The summed E-state index contributed by atoms with van der Waals surface area (Å²) in [7, 11) is 0. The number of Topliss-reactive ketones (excluding diaryl/α,β-unsaturated/α-hetero) is 1. The topological polar surface area (TPSA) is 21.4 Å². The Bertz CT molecular complexity index is 1200. The van der Waals surface area contributed by atoms with E-state index in [4.69, 9.17) is 6.57 Å². The lowest BCUT2D eigenvalue weighted by atomic mass is 9.84. The van der Waals surface area contributed by atoms with Crippen LogP contribution in [0.2, 0.25) is 0 Å². The van der Waals surface area contributed by atoms with Gasteiger partial charge in [-0.25, -0.2) is 9.24 Å². The van der Waals surface area contributed by atoms with Gasteiger partial charge in [0.1, 0.15) is 11.6 Å². The maximum atomic E-state index is 13.9. The summed E-state index contributed by atoms with van der Waals surface area (Å²) in [5.41, 5.74) is 2.30. The molecule has 0 aliphatic heterocycles. The average Bonchev–Trinajstić information content (AvgIpc) is 2.76. The molecular weight excluding hydrogens is 430 g/mol. The smallest absolute Gasteiger partial charge is 0.299 e. The summed E-state index contributed by atoms with van der Waals surface area (Å²) in [5, 5.41) is 0. The van der Waals surface area contributed by atoms with Gasteiger partial charge in [0, 0.05) is 5.92 Å². The van der Waals surface area contributed by atoms with Crippen molar-refractivity contribution in [3.63, 3.8) is 0 Å². The molecule has 0 heterocycles. The summed E-state index contributed by atoms with van der Waals surface area (Å²) in [6, 6.07) is 14.5. The lowest BCUT2D eigenvalue weighted by Gasteiger charge is -2.19. The fraction of sp³-hybridized carbons (Fsp3) is 0.259. The Labute approximate surface area is 190 Å². The van der Waals surface area contributed by atoms with E-state index in [1.807, 2.05) is 26.0 Å². The molecule has 0 amide bonds. The van der Waals surface area contributed by atoms with Gasteiger partial charge in [-0.2, -0.15) is 13.2 Å². The molecule has 170 valence electrons. The van der Waals surface area contributed by atoms with Gasteiger partial charge in [-0.3, -0.25) is 4.79 Å². The molecule has 0 bridgehead atoms. The fourth-order valence-electron chi connectivity index (χ4n) is 3.82. The number of nitrogens with zero attached hydrogens (tertiary/aromatic N) is 1. The first-order valence-electron chi connectivity index (χ1n) is 10.5. The number of alkyl halides is 3. The molecule has 0 spiro atoms. The molecule has 0 saturated carbocycles. The normalized spacial score (nSPS) is 12.5. The van der Waals surface area contributed by atoms with Crippen molar-refractivity contribution < 1.29 is 22.4 Å². The number of hydrogen-bond acceptors (Lipinski definition) is 1. The second-order valence-electron chi connectivity index (χ2n) is 8.49. The van der Waals surface area contributed by atoms with E-state index in [0.717, 1.165) is 17.7 Å². The second kappa shape index (κ2) is 9.58. The van der Waals surface area contributed by atoms with Crippen LogP contribution < -0.4 is 0 Å². The van der Waals surface area contributed by atoms with E-state index in [9.17, 15) is 22.4 Å². The van der Waals surface area contributed by atoms with E-state index in [1.54, 1.807) is 12.1 Å². The fourth-order valence-corrected chi connectivity index (χ4v) is 3.82. The maximum Gasteiger partial charge on any atom is 0.416 e. The van der Waals surface area contributed by atoms with E-state index >= 15 is 0 Å². The van der Waals surface area contributed by atoms with E-state index in [-0.39, 0.29) is 23.3 Å². The molecule has 0 radical (unpaired) electrons. The number of halogens is 4. The summed E-state index contributed by atoms with van der Waals surface area (Å²) >= 11 is 0. The first-order valence-corrected chi connectivity index (χ1v) is 10.5. The quantitative estimate of drug-likeness (QED) is 0.271. The van der Waals surface area contributed by atoms with Crippen molar-refractivity contribution in [2.24, 2.45) is 5.92 Å². The van der Waals surface area contributed by atoms with E-state index < -0.39 is 17.6 Å². The van der Waals surface area contributed by atoms with Crippen LogP contribution in [0, 0.1) is 18.3 Å². The summed E-state index contributed by atoms with van der Waals surface area (Å²) in [4.78, 5) is 15.7. The van der Waals surface area contributed by atoms with Crippen LogP contribution in [-0.2, 0) is 11.0 Å². The van der Waals surface area contributed by atoms with Crippen LogP contribution >= 0.6 is 0 Å². The van der Waals surface area contributed by atoms with Crippen LogP contribution in [0.1, 0.15) is 44.2 Å². The molecule has 1 unspecified atom stereocenters. The Morgan fingerprint density at radius 2 is 1.48 bits per heavy atom. The first-order chi connectivity index (χ1) is 15.5. The standard InChI is InChI=1S/C27H23F4NO/c1-16(2)11-24(17(3)33)22-13-20(18-5-8-23(9-6-18)27(29,30)31)12-21(14-22)19-7-10-25(28)26(15-19)32-4/h5-10,12-16,24H,11H2,1-3H3. The number of hydrogen-bond donors (Lipinski definition) is 0. The number of rotatable bonds is 6. The first kappa shape index (κ1) is 24.2. The van der Waals surface area contributed by atoms with E-state index in [0.29, 0.717) is 28.7 Å². The third-order valence-corrected chi connectivity index (χ3v) is 5.50. The SMILES string of the molecule is [C-]#[N+]c1cc(-c2cc(-c3ccc(C(F)(F)F)cc3)cc(C(CC(C)C)C(C)=O)c2)ccc1F. The highest BCUT2D eigenvalue weighted by Crippen LogP contribution is 2.36. The van der Waals surface area contributed by atoms with Gasteiger partial charge in [-0.05, 0) is 77.4 Å². The Morgan fingerprint density at radius 3 is 2.00 bits per heavy atom. The highest BCUT2D eigenvalue weighted by molar-refractivity contribution is 5.85. The minimum atomic E-state index is -4.44. The summed E-state index contributed by atoms with van der Waals surface area (Å²) in [6.45, 7) is 12.7. The largest absolute Gasteiger partial charge is 0.416 e. The van der Waals surface area contributed by atoms with Crippen molar-refractivity contribution in [1.82, 2.24) is 0 Å².